The minimum atomic E-state index is -0.171. The van der Waals surface area contributed by atoms with Gasteiger partial charge < -0.3 is 15.5 Å². The van der Waals surface area contributed by atoms with E-state index in [1.54, 1.807) is 6.20 Å². The van der Waals surface area contributed by atoms with Gasteiger partial charge in [0.2, 0.25) is 0 Å². The van der Waals surface area contributed by atoms with Crippen molar-refractivity contribution in [1.29, 1.82) is 0 Å². The standard InChI is InChI=1S/C22H28N4O/c27-22(21-16-19(12-13-23-21)24-17-6-2-3-7-17)25-18-8-10-20(11-9-18)26-14-4-1-5-15-26/h8-13,16-17H,1-7,14-15H2,(H,23,24)(H,25,27). The molecule has 4 rings (SSSR count). The van der Waals surface area contributed by atoms with Crippen LogP contribution < -0.4 is 15.5 Å². The number of hydrogen-bond donors (Lipinski definition) is 2. The van der Waals surface area contributed by atoms with Crippen molar-refractivity contribution in [3.05, 3.63) is 48.3 Å². The van der Waals surface area contributed by atoms with E-state index in [2.05, 4.69) is 32.7 Å². The lowest BCUT2D eigenvalue weighted by atomic mass is 10.1. The molecule has 0 spiro atoms. The van der Waals surface area contributed by atoms with Crippen LogP contribution in [0, 0.1) is 0 Å². The molecular formula is C22H28N4O. The average Bonchev–Trinajstić information content (AvgIpc) is 3.22. The molecule has 5 nitrogen and oxygen atoms in total. The number of carbonyl (C=O) groups is 1. The average molecular weight is 364 g/mol. The summed E-state index contributed by atoms with van der Waals surface area (Å²) in [4.78, 5) is 19.2. The molecule has 1 aromatic heterocycles. The number of rotatable bonds is 5. The second kappa shape index (κ2) is 8.42. The van der Waals surface area contributed by atoms with Crippen molar-refractivity contribution in [1.82, 2.24) is 4.98 Å². The predicted molar refractivity (Wildman–Crippen MR) is 111 cm³/mol. The van der Waals surface area contributed by atoms with E-state index in [1.807, 2.05) is 24.3 Å². The zero-order valence-electron chi connectivity index (χ0n) is 15.8. The molecule has 2 aromatic rings. The number of piperidine rings is 1. The quantitative estimate of drug-likeness (QED) is 0.809. The molecular weight excluding hydrogens is 336 g/mol. The summed E-state index contributed by atoms with van der Waals surface area (Å²) in [6.07, 6.45) is 10.5. The topological polar surface area (TPSA) is 57.3 Å². The van der Waals surface area contributed by atoms with Crippen LogP contribution in [-0.2, 0) is 0 Å². The van der Waals surface area contributed by atoms with Gasteiger partial charge in [-0.2, -0.15) is 0 Å². The van der Waals surface area contributed by atoms with E-state index in [9.17, 15) is 4.79 Å². The van der Waals surface area contributed by atoms with E-state index in [0.29, 0.717) is 11.7 Å². The number of nitrogens with one attached hydrogen (secondary N) is 2. The third-order valence-electron chi connectivity index (χ3n) is 5.56. The minimum absolute atomic E-state index is 0.171. The summed E-state index contributed by atoms with van der Waals surface area (Å²) in [5, 5.41) is 6.48. The van der Waals surface area contributed by atoms with Crippen molar-refractivity contribution in [3.63, 3.8) is 0 Å². The molecule has 2 fully saturated rings. The van der Waals surface area contributed by atoms with Crippen LogP contribution in [0.1, 0.15) is 55.4 Å². The second-order valence-corrected chi connectivity index (χ2v) is 7.60. The van der Waals surface area contributed by atoms with Gasteiger partial charge in [-0.3, -0.25) is 9.78 Å². The van der Waals surface area contributed by atoms with Gasteiger partial charge in [-0.15, -0.1) is 0 Å². The second-order valence-electron chi connectivity index (χ2n) is 7.60. The summed E-state index contributed by atoms with van der Waals surface area (Å²) in [7, 11) is 0. The molecule has 0 bridgehead atoms. The maximum absolute atomic E-state index is 12.6. The van der Waals surface area contributed by atoms with Crippen molar-refractivity contribution >= 4 is 23.0 Å². The number of carbonyl (C=O) groups excluding carboxylic acids is 1. The van der Waals surface area contributed by atoms with Gasteiger partial charge in [-0.05, 0) is 68.5 Å². The van der Waals surface area contributed by atoms with Gasteiger partial charge in [0, 0.05) is 42.4 Å². The highest BCUT2D eigenvalue weighted by Crippen LogP contribution is 2.24. The van der Waals surface area contributed by atoms with Crippen molar-refractivity contribution in [3.8, 4) is 0 Å². The SMILES string of the molecule is O=C(Nc1ccc(N2CCCCC2)cc1)c1cc(NC2CCCC2)ccn1. The fourth-order valence-corrected chi connectivity index (χ4v) is 4.05. The van der Waals surface area contributed by atoms with E-state index in [-0.39, 0.29) is 5.91 Å². The van der Waals surface area contributed by atoms with Crippen LogP contribution in [-0.4, -0.2) is 30.0 Å². The van der Waals surface area contributed by atoms with Crippen LogP contribution in [0.4, 0.5) is 17.1 Å². The molecule has 5 heteroatoms. The summed E-state index contributed by atoms with van der Waals surface area (Å²) in [6.45, 7) is 2.24. The predicted octanol–water partition coefficient (Wildman–Crippen LogP) is 4.68. The van der Waals surface area contributed by atoms with Crippen molar-refractivity contribution < 1.29 is 4.79 Å². The van der Waals surface area contributed by atoms with E-state index in [1.165, 1.54) is 50.6 Å². The Labute approximate surface area is 161 Å². The van der Waals surface area contributed by atoms with Crippen LogP contribution in [0.25, 0.3) is 0 Å². The Morgan fingerprint density at radius 1 is 0.926 bits per heavy atom. The molecule has 1 aliphatic carbocycles. The highest BCUT2D eigenvalue weighted by atomic mass is 16.1. The van der Waals surface area contributed by atoms with Crippen molar-refractivity contribution in [2.45, 2.75) is 51.0 Å². The summed E-state index contributed by atoms with van der Waals surface area (Å²) >= 11 is 0. The molecule has 2 aliphatic rings. The van der Waals surface area contributed by atoms with Crippen LogP contribution in [0.2, 0.25) is 0 Å². The zero-order valence-corrected chi connectivity index (χ0v) is 15.8. The van der Waals surface area contributed by atoms with Gasteiger partial charge in [0.1, 0.15) is 5.69 Å². The van der Waals surface area contributed by atoms with Crippen molar-refractivity contribution in [2.75, 3.05) is 28.6 Å². The first-order valence-electron chi connectivity index (χ1n) is 10.2. The van der Waals surface area contributed by atoms with E-state index in [4.69, 9.17) is 0 Å². The maximum atomic E-state index is 12.6. The number of benzene rings is 1. The molecule has 1 saturated heterocycles. The smallest absolute Gasteiger partial charge is 0.274 e. The summed E-state index contributed by atoms with van der Waals surface area (Å²) in [5.74, 6) is -0.171. The van der Waals surface area contributed by atoms with Gasteiger partial charge in [0.05, 0.1) is 0 Å². The molecule has 1 saturated carbocycles. The Balaban J connectivity index is 1.38. The van der Waals surface area contributed by atoms with E-state index in [0.717, 1.165) is 24.5 Å². The molecule has 142 valence electrons. The lowest BCUT2D eigenvalue weighted by Crippen LogP contribution is -2.29. The normalized spacial score (nSPS) is 17.7. The number of amides is 1. The molecule has 0 radical (unpaired) electrons. The number of pyridine rings is 1. The third-order valence-corrected chi connectivity index (χ3v) is 5.56. The fourth-order valence-electron chi connectivity index (χ4n) is 4.05. The monoisotopic (exact) mass is 364 g/mol. The van der Waals surface area contributed by atoms with Gasteiger partial charge in [-0.1, -0.05) is 12.8 Å². The van der Waals surface area contributed by atoms with E-state index >= 15 is 0 Å². The number of aromatic nitrogens is 1. The molecule has 27 heavy (non-hydrogen) atoms. The van der Waals surface area contributed by atoms with Gasteiger partial charge in [0.25, 0.3) is 5.91 Å². The maximum Gasteiger partial charge on any atom is 0.274 e. The first kappa shape index (κ1) is 17.8. The van der Waals surface area contributed by atoms with Gasteiger partial charge >= 0.3 is 0 Å². The lowest BCUT2D eigenvalue weighted by molar-refractivity contribution is 0.102. The Hall–Kier alpha value is -2.56. The molecule has 0 unspecified atom stereocenters. The van der Waals surface area contributed by atoms with Crippen LogP contribution in [0.5, 0.6) is 0 Å². The molecule has 2 heterocycles. The van der Waals surface area contributed by atoms with Gasteiger partial charge in [0.15, 0.2) is 0 Å². The summed E-state index contributed by atoms with van der Waals surface area (Å²) < 4.78 is 0. The number of nitrogens with zero attached hydrogens (tertiary/aromatic N) is 2. The molecule has 2 N–H and O–H groups in total. The van der Waals surface area contributed by atoms with E-state index < -0.39 is 0 Å². The minimum Gasteiger partial charge on any atom is -0.382 e. The van der Waals surface area contributed by atoms with Crippen LogP contribution >= 0.6 is 0 Å². The molecule has 1 aliphatic heterocycles. The lowest BCUT2D eigenvalue weighted by Gasteiger charge is -2.28. The zero-order chi connectivity index (χ0) is 18.5. The Bertz CT molecular complexity index is 762. The molecule has 1 aromatic carbocycles. The van der Waals surface area contributed by atoms with Gasteiger partial charge in [-0.25, -0.2) is 0 Å². The Morgan fingerprint density at radius 2 is 1.67 bits per heavy atom. The fraction of sp³-hybridized carbons (Fsp3) is 0.455. The number of anilines is 3. The highest BCUT2D eigenvalue weighted by Gasteiger charge is 2.16. The molecule has 0 atom stereocenters. The van der Waals surface area contributed by atoms with Crippen molar-refractivity contribution in [2.24, 2.45) is 0 Å². The Kier molecular flexibility index (Phi) is 5.56. The summed E-state index contributed by atoms with van der Waals surface area (Å²) in [5.41, 5.74) is 3.45. The number of hydrogen-bond acceptors (Lipinski definition) is 4. The van der Waals surface area contributed by atoms with Crippen LogP contribution in [0.3, 0.4) is 0 Å². The first-order chi connectivity index (χ1) is 13.3. The van der Waals surface area contributed by atoms with Crippen LogP contribution in [0.15, 0.2) is 42.6 Å². The Morgan fingerprint density at radius 3 is 2.41 bits per heavy atom. The molecule has 1 amide bonds. The first-order valence-corrected chi connectivity index (χ1v) is 10.2. The summed E-state index contributed by atoms with van der Waals surface area (Å²) in [6, 6.07) is 12.4. The highest BCUT2D eigenvalue weighted by molar-refractivity contribution is 6.03. The third kappa shape index (κ3) is 4.59. The largest absolute Gasteiger partial charge is 0.382 e.